The molecule has 6 nitrogen and oxygen atoms in total. The van der Waals surface area contributed by atoms with Crippen LogP contribution in [-0.4, -0.2) is 26.2 Å². The van der Waals surface area contributed by atoms with Gasteiger partial charge in [-0.15, -0.1) is 0 Å². The summed E-state index contributed by atoms with van der Waals surface area (Å²) in [6, 6.07) is 22.4. The van der Waals surface area contributed by atoms with E-state index in [2.05, 4.69) is 63.4 Å². The first kappa shape index (κ1) is 18.1. The topological polar surface area (TPSA) is 64.2 Å². The van der Waals surface area contributed by atoms with Gasteiger partial charge in [0.2, 0.25) is 0 Å². The Labute approximate surface area is 173 Å². The van der Waals surface area contributed by atoms with Gasteiger partial charge in [-0.05, 0) is 42.8 Å². The van der Waals surface area contributed by atoms with Crippen molar-refractivity contribution in [1.29, 1.82) is 0 Å². The lowest BCUT2D eigenvalue weighted by Gasteiger charge is -2.03. The summed E-state index contributed by atoms with van der Waals surface area (Å²) in [6.07, 6.45) is 3.35. The van der Waals surface area contributed by atoms with Gasteiger partial charge in [0.1, 0.15) is 6.54 Å². The summed E-state index contributed by atoms with van der Waals surface area (Å²) in [7, 11) is 0. The molecule has 0 saturated carbocycles. The molecule has 1 N–H and O–H groups in total. The predicted molar refractivity (Wildman–Crippen MR) is 121 cm³/mol. The number of rotatable bonds is 5. The summed E-state index contributed by atoms with van der Waals surface area (Å²) in [4.78, 5) is 16.6. The zero-order valence-corrected chi connectivity index (χ0v) is 16.6. The Hall–Kier alpha value is -3.93. The number of nitrogens with one attached hydrogen (secondary N) is 1. The van der Waals surface area contributed by atoms with Crippen LogP contribution in [0.1, 0.15) is 12.5 Å². The SMILES string of the molecule is CCn1c2ccccc2c2cc(/C=N\NC(=O)Cn3cnc4ccccc43)ccc21. The maximum absolute atomic E-state index is 12.3. The Balaban J connectivity index is 1.35. The third-order valence-electron chi connectivity index (χ3n) is 5.36. The van der Waals surface area contributed by atoms with Crippen molar-refractivity contribution in [2.24, 2.45) is 5.10 Å². The fourth-order valence-electron chi connectivity index (χ4n) is 4.00. The second-order valence-electron chi connectivity index (χ2n) is 7.19. The highest BCUT2D eigenvalue weighted by Gasteiger charge is 2.09. The minimum absolute atomic E-state index is 0.168. The molecule has 0 aliphatic carbocycles. The highest BCUT2D eigenvalue weighted by Crippen LogP contribution is 2.29. The van der Waals surface area contributed by atoms with Crippen molar-refractivity contribution in [2.45, 2.75) is 20.0 Å². The van der Waals surface area contributed by atoms with Gasteiger partial charge in [0, 0.05) is 28.4 Å². The zero-order chi connectivity index (χ0) is 20.5. The molecule has 0 aliphatic rings. The van der Waals surface area contributed by atoms with E-state index in [0.717, 1.165) is 23.1 Å². The molecule has 0 spiro atoms. The van der Waals surface area contributed by atoms with E-state index in [1.54, 1.807) is 12.5 Å². The molecule has 1 amide bonds. The van der Waals surface area contributed by atoms with Crippen molar-refractivity contribution in [3.05, 3.63) is 78.6 Å². The van der Waals surface area contributed by atoms with Crippen LogP contribution in [0.4, 0.5) is 0 Å². The molecule has 0 saturated heterocycles. The lowest BCUT2D eigenvalue weighted by molar-refractivity contribution is -0.121. The first-order valence-corrected chi connectivity index (χ1v) is 9.97. The van der Waals surface area contributed by atoms with E-state index in [1.807, 2.05) is 34.9 Å². The Kier molecular flexibility index (Phi) is 4.52. The maximum atomic E-state index is 12.3. The number of amides is 1. The molecule has 5 rings (SSSR count). The van der Waals surface area contributed by atoms with Gasteiger partial charge < -0.3 is 9.13 Å². The maximum Gasteiger partial charge on any atom is 0.260 e. The second-order valence-corrected chi connectivity index (χ2v) is 7.19. The first-order chi connectivity index (χ1) is 14.7. The fourth-order valence-corrected chi connectivity index (χ4v) is 4.00. The smallest absolute Gasteiger partial charge is 0.260 e. The number of hydrogen-bond donors (Lipinski definition) is 1. The summed E-state index contributed by atoms with van der Waals surface area (Å²) in [5.41, 5.74) is 7.77. The van der Waals surface area contributed by atoms with Crippen molar-refractivity contribution in [3.63, 3.8) is 0 Å². The largest absolute Gasteiger partial charge is 0.341 e. The lowest BCUT2D eigenvalue weighted by Crippen LogP contribution is -2.22. The van der Waals surface area contributed by atoms with Crippen LogP contribution in [0.15, 0.2) is 78.2 Å². The number of carbonyl (C=O) groups excluding carboxylic acids is 1. The summed E-state index contributed by atoms with van der Waals surface area (Å²) < 4.78 is 4.12. The van der Waals surface area contributed by atoms with Crippen molar-refractivity contribution in [1.82, 2.24) is 19.5 Å². The molecule has 2 aromatic heterocycles. The molecule has 0 unspecified atom stereocenters. The van der Waals surface area contributed by atoms with Crippen molar-refractivity contribution in [3.8, 4) is 0 Å². The Bertz CT molecular complexity index is 1410. The lowest BCUT2D eigenvalue weighted by atomic mass is 10.1. The van der Waals surface area contributed by atoms with E-state index in [1.165, 1.54) is 21.8 Å². The molecular weight excluding hydrogens is 374 g/mol. The molecule has 30 heavy (non-hydrogen) atoms. The third-order valence-corrected chi connectivity index (χ3v) is 5.36. The van der Waals surface area contributed by atoms with Crippen LogP contribution in [0.5, 0.6) is 0 Å². The quantitative estimate of drug-likeness (QED) is 0.356. The van der Waals surface area contributed by atoms with Gasteiger partial charge >= 0.3 is 0 Å². The van der Waals surface area contributed by atoms with Crippen LogP contribution in [0.3, 0.4) is 0 Å². The Morgan fingerprint density at radius 1 is 1.00 bits per heavy atom. The number of benzene rings is 3. The number of hydrazone groups is 1. The standard InChI is InChI=1S/C24H21N5O/c1-2-29-21-9-5-3-7-18(21)19-13-17(11-12-22(19)29)14-26-27-24(30)15-28-16-25-20-8-4-6-10-23(20)28/h3-14,16H,2,15H2,1H3,(H,27,30)/b26-14-. The molecule has 0 fully saturated rings. The minimum atomic E-state index is -0.196. The number of hydrogen-bond acceptors (Lipinski definition) is 3. The van der Waals surface area contributed by atoms with E-state index in [0.29, 0.717) is 0 Å². The van der Waals surface area contributed by atoms with Gasteiger partial charge in [-0.25, -0.2) is 10.4 Å². The monoisotopic (exact) mass is 395 g/mol. The average Bonchev–Trinajstić information content (AvgIpc) is 3.32. The number of aromatic nitrogens is 3. The molecule has 0 radical (unpaired) electrons. The average molecular weight is 395 g/mol. The molecule has 0 bridgehead atoms. The van der Waals surface area contributed by atoms with E-state index >= 15 is 0 Å². The van der Waals surface area contributed by atoms with Crippen LogP contribution < -0.4 is 5.43 Å². The van der Waals surface area contributed by atoms with Gasteiger partial charge in [-0.2, -0.15) is 5.10 Å². The highest BCUT2D eigenvalue weighted by atomic mass is 16.2. The minimum Gasteiger partial charge on any atom is -0.341 e. The number of fused-ring (bicyclic) bond motifs is 4. The van der Waals surface area contributed by atoms with Crippen LogP contribution in [-0.2, 0) is 17.9 Å². The van der Waals surface area contributed by atoms with Gasteiger partial charge in [0.25, 0.3) is 5.91 Å². The van der Waals surface area contributed by atoms with Gasteiger partial charge in [0.05, 0.1) is 23.6 Å². The normalized spacial score (nSPS) is 11.8. The van der Waals surface area contributed by atoms with Gasteiger partial charge in [-0.3, -0.25) is 4.79 Å². The molecular formula is C24H21N5O. The van der Waals surface area contributed by atoms with E-state index < -0.39 is 0 Å². The van der Waals surface area contributed by atoms with Crippen LogP contribution in [0, 0.1) is 0 Å². The van der Waals surface area contributed by atoms with E-state index in [-0.39, 0.29) is 12.5 Å². The molecule has 2 heterocycles. The predicted octanol–water partition coefficient (Wildman–Crippen LogP) is 4.31. The number of imidazole rings is 1. The summed E-state index contributed by atoms with van der Waals surface area (Å²) >= 11 is 0. The Morgan fingerprint density at radius 2 is 1.77 bits per heavy atom. The summed E-state index contributed by atoms with van der Waals surface area (Å²) in [5, 5.41) is 6.56. The van der Waals surface area contributed by atoms with E-state index in [9.17, 15) is 4.79 Å². The van der Waals surface area contributed by atoms with E-state index in [4.69, 9.17) is 0 Å². The molecule has 5 aromatic rings. The molecule has 0 aliphatic heterocycles. The third kappa shape index (κ3) is 3.12. The molecule has 148 valence electrons. The second kappa shape index (κ2) is 7.48. The number of carbonyl (C=O) groups is 1. The summed E-state index contributed by atoms with van der Waals surface area (Å²) in [6.45, 7) is 3.23. The molecule has 6 heteroatoms. The van der Waals surface area contributed by atoms with Crippen molar-refractivity contribution < 1.29 is 4.79 Å². The number of para-hydroxylation sites is 3. The molecule has 3 aromatic carbocycles. The van der Waals surface area contributed by atoms with Crippen LogP contribution in [0.25, 0.3) is 32.8 Å². The molecule has 0 atom stereocenters. The Morgan fingerprint density at radius 3 is 2.63 bits per heavy atom. The number of nitrogens with zero attached hydrogens (tertiary/aromatic N) is 4. The number of aryl methyl sites for hydroxylation is 1. The van der Waals surface area contributed by atoms with Gasteiger partial charge in [0.15, 0.2) is 0 Å². The highest BCUT2D eigenvalue weighted by molar-refractivity contribution is 6.09. The summed E-state index contributed by atoms with van der Waals surface area (Å²) in [5.74, 6) is -0.196. The fraction of sp³-hybridized carbons (Fsp3) is 0.125. The zero-order valence-electron chi connectivity index (χ0n) is 16.6. The van der Waals surface area contributed by atoms with Gasteiger partial charge in [-0.1, -0.05) is 36.4 Å². The van der Waals surface area contributed by atoms with Crippen molar-refractivity contribution in [2.75, 3.05) is 0 Å². The first-order valence-electron chi connectivity index (χ1n) is 9.97. The van der Waals surface area contributed by atoms with Crippen molar-refractivity contribution >= 4 is 45.0 Å². The van der Waals surface area contributed by atoms with Crippen LogP contribution >= 0.6 is 0 Å². The van der Waals surface area contributed by atoms with Crippen LogP contribution in [0.2, 0.25) is 0 Å².